The molecule has 19 heavy (non-hydrogen) atoms. The van der Waals surface area contributed by atoms with Gasteiger partial charge in [0.05, 0.1) is 0 Å². The molecular weight excluding hydrogens is 228 g/mol. The molecule has 1 aromatic rings. The highest BCUT2D eigenvalue weighted by molar-refractivity contribution is 5.72. The molecule has 0 aromatic heterocycles. The summed E-state index contributed by atoms with van der Waals surface area (Å²) in [5, 5.41) is 0. The second-order valence-electron chi connectivity index (χ2n) is 5.40. The Morgan fingerprint density at radius 3 is 2.16 bits per heavy atom. The number of benzene rings is 1. The maximum atomic E-state index is 2.37. The number of unbranched alkanes of at least 4 members (excludes halogenated alkanes) is 4. The van der Waals surface area contributed by atoms with E-state index in [1.54, 1.807) is 5.57 Å². The van der Waals surface area contributed by atoms with Crippen LogP contribution in [0.1, 0.15) is 76.8 Å². The van der Waals surface area contributed by atoms with Gasteiger partial charge in [0.1, 0.15) is 0 Å². The summed E-state index contributed by atoms with van der Waals surface area (Å²) in [4.78, 5) is 0. The van der Waals surface area contributed by atoms with Gasteiger partial charge >= 0.3 is 0 Å². The average Bonchev–Trinajstić information content (AvgIpc) is 2.84. The monoisotopic (exact) mass is 258 g/mol. The molecule has 0 nitrogen and oxygen atoms in total. The van der Waals surface area contributed by atoms with Crippen LogP contribution in [0.3, 0.4) is 0 Å². The molecule has 0 saturated carbocycles. The molecule has 0 atom stereocenters. The molecule has 1 aliphatic rings. The van der Waals surface area contributed by atoms with Crippen LogP contribution in [0.2, 0.25) is 0 Å². The molecule has 0 N–H and O–H groups in total. The van der Waals surface area contributed by atoms with E-state index in [0.29, 0.717) is 0 Å². The summed E-state index contributed by atoms with van der Waals surface area (Å²) in [5.74, 6) is 0. The van der Waals surface area contributed by atoms with Gasteiger partial charge in [-0.25, -0.2) is 0 Å². The Kier molecular flexibility index (Phi) is 8.29. The van der Waals surface area contributed by atoms with Gasteiger partial charge in [0.25, 0.3) is 0 Å². The van der Waals surface area contributed by atoms with Crippen molar-refractivity contribution in [1.82, 2.24) is 0 Å². The van der Waals surface area contributed by atoms with E-state index in [4.69, 9.17) is 0 Å². The van der Waals surface area contributed by atoms with Crippen molar-refractivity contribution < 1.29 is 0 Å². The van der Waals surface area contributed by atoms with Crippen molar-refractivity contribution in [2.75, 3.05) is 0 Å². The summed E-state index contributed by atoms with van der Waals surface area (Å²) in [6, 6.07) is 8.73. The molecule has 106 valence electrons. The van der Waals surface area contributed by atoms with Crippen LogP contribution in [0.15, 0.2) is 30.3 Å². The Morgan fingerprint density at radius 1 is 0.842 bits per heavy atom. The van der Waals surface area contributed by atoms with Crippen LogP contribution in [-0.4, -0.2) is 0 Å². The van der Waals surface area contributed by atoms with Gasteiger partial charge in [-0.05, 0) is 29.5 Å². The van der Waals surface area contributed by atoms with Crippen LogP contribution in [0.5, 0.6) is 0 Å². The first kappa shape index (κ1) is 16.0. The molecule has 0 aliphatic heterocycles. The molecular formula is C19H30. The summed E-state index contributed by atoms with van der Waals surface area (Å²) >= 11 is 0. The first-order valence-electron chi connectivity index (χ1n) is 8.10. The first-order chi connectivity index (χ1) is 9.33. The number of fused-ring (bicyclic) bond motifs is 1. The van der Waals surface area contributed by atoms with E-state index in [0.717, 1.165) is 6.42 Å². The van der Waals surface area contributed by atoms with E-state index in [1.165, 1.54) is 56.1 Å². The molecule has 0 spiro atoms. The molecule has 1 aliphatic carbocycles. The molecule has 2 rings (SSSR count). The predicted molar refractivity (Wildman–Crippen MR) is 87.5 cm³/mol. The zero-order valence-electron chi connectivity index (χ0n) is 13.0. The van der Waals surface area contributed by atoms with Gasteiger partial charge in [0.15, 0.2) is 0 Å². The van der Waals surface area contributed by atoms with E-state index in [2.05, 4.69) is 51.1 Å². The smallest absolute Gasteiger partial charge is 0.00854 e. The van der Waals surface area contributed by atoms with Crippen molar-refractivity contribution in [3.05, 3.63) is 41.5 Å². The minimum atomic E-state index is 1.14. The Morgan fingerprint density at radius 2 is 1.53 bits per heavy atom. The number of allylic oxidation sites excluding steroid dienone is 2. The van der Waals surface area contributed by atoms with Crippen molar-refractivity contribution in [3.8, 4) is 0 Å². The summed E-state index contributed by atoms with van der Waals surface area (Å²) in [5.41, 5.74) is 4.54. The fourth-order valence-electron chi connectivity index (χ4n) is 2.54. The van der Waals surface area contributed by atoms with Crippen molar-refractivity contribution in [2.24, 2.45) is 0 Å². The molecule has 0 amide bonds. The lowest BCUT2D eigenvalue weighted by atomic mass is 10.0. The third kappa shape index (κ3) is 5.63. The topological polar surface area (TPSA) is 0 Å². The minimum Gasteiger partial charge on any atom is -0.0763 e. The summed E-state index contributed by atoms with van der Waals surface area (Å²) in [7, 11) is 0. The standard InChI is InChI=1S/C12H14.C7H16/c1-2-5-10-8-9-11-6-3-4-7-12(10)11;1-3-5-7-6-4-2/h3-4,6-8H,2,5,9H2,1H3;3-7H2,1-2H3. The maximum absolute atomic E-state index is 2.37. The SMILES string of the molecule is CCCC1=CCc2ccccc21.CCCCCCC. The molecule has 0 unspecified atom stereocenters. The highest BCUT2D eigenvalue weighted by Gasteiger charge is 2.11. The molecule has 0 saturated heterocycles. The fraction of sp³-hybridized carbons (Fsp3) is 0.579. The summed E-state index contributed by atoms with van der Waals surface area (Å²) < 4.78 is 0. The number of hydrogen-bond donors (Lipinski definition) is 0. The number of hydrogen-bond acceptors (Lipinski definition) is 0. The molecule has 0 fully saturated rings. The molecule has 1 aromatic carbocycles. The van der Waals surface area contributed by atoms with Crippen molar-refractivity contribution in [3.63, 3.8) is 0 Å². The zero-order chi connectivity index (χ0) is 13.9. The average molecular weight is 258 g/mol. The van der Waals surface area contributed by atoms with E-state index in [-0.39, 0.29) is 0 Å². The van der Waals surface area contributed by atoms with E-state index in [1.807, 2.05) is 0 Å². The van der Waals surface area contributed by atoms with Gasteiger partial charge in [-0.3, -0.25) is 0 Å². The second kappa shape index (κ2) is 9.83. The van der Waals surface area contributed by atoms with Crippen LogP contribution >= 0.6 is 0 Å². The van der Waals surface area contributed by atoms with Crippen molar-refractivity contribution in [2.45, 2.75) is 72.1 Å². The van der Waals surface area contributed by atoms with Gasteiger partial charge in [-0.15, -0.1) is 0 Å². The van der Waals surface area contributed by atoms with Crippen LogP contribution < -0.4 is 0 Å². The first-order valence-corrected chi connectivity index (χ1v) is 8.10. The predicted octanol–water partition coefficient (Wildman–Crippen LogP) is 6.40. The lowest BCUT2D eigenvalue weighted by Crippen LogP contribution is -1.82. The van der Waals surface area contributed by atoms with Gasteiger partial charge < -0.3 is 0 Å². The van der Waals surface area contributed by atoms with E-state index >= 15 is 0 Å². The van der Waals surface area contributed by atoms with E-state index in [9.17, 15) is 0 Å². The Bertz CT molecular complexity index is 369. The second-order valence-corrected chi connectivity index (χ2v) is 5.40. The highest BCUT2D eigenvalue weighted by atomic mass is 14.2. The molecule has 0 bridgehead atoms. The third-order valence-electron chi connectivity index (χ3n) is 3.66. The normalized spacial score (nSPS) is 12.5. The van der Waals surface area contributed by atoms with Crippen LogP contribution in [0.4, 0.5) is 0 Å². The Balaban J connectivity index is 0.000000224. The third-order valence-corrected chi connectivity index (χ3v) is 3.66. The van der Waals surface area contributed by atoms with Crippen LogP contribution in [-0.2, 0) is 6.42 Å². The maximum Gasteiger partial charge on any atom is -0.00854 e. The Labute approximate surface area is 119 Å². The lowest BCUT2D eigenvalue weighted by Gasteiger charge is -2.02. The van der Waals surface area contributed by atoms with Crippen molar-refractivity contribution in [1.29, 1.82) is 0 Å². The zero-order valence-corrected chi connectivity index (χ0v) is 13.0. The summed E-state index contributed by atoms with van der Waals surface area (Å²) in [6.45, 7) is 6.73. The lowest BCUT2D eigenvalue weighted by molar-refractivity contribution is 0.656. The highest BCUT2D eigenvalue weighted by Crippen LogP contribution is 2.29. The molecule has 0 heteroatoms. The molecule has 0 radical (unpaired) electrons. The van der Waals surface area contributed by atoms with Gasteiger partial charge in [0.2, 0.25) is 0 Å². The van der Waals surface area contributed by atoms with Crippen molar-refractivity contribution >= 4 is 5.57 Å². The fourth-order valence-corrected chi connectivity index (χ4v) is 2.54. The van der Waals surface area contributed by atoms with Crippen LogP contribution in [0.25, 0.3) is 5.57 Å². The van der Waals surface area contributed by atoms with Gasteiger partial charge in [0, 0.05) is 0 Å². The quantitative estimate of drug-likeness (QED) is 0.518. The Hall–Kier alpha value is -1.04. The largest absolute Gasteiger partial charge is 0.0763 e. The van der Waals surface area contributed by atoms with Gasteiger partial charge in [-0.2, -0.15) is 0 Å². The summed E-state index contributed by atoms with van der Waals surface area (Å²) in [6.07, 6.45) is 13.0. The van der Waals surface area contributed by atoms with Crippen LogP contribution in [0, 0.1) is 0 Å². The van der Waals surface area contributed by atoms with Gasteiger partial charge in [-0.1, -0.05) is 89.6 Å². The number of rotatable bonds is 6. The molecule has 0 heterocycles. The van der Waals surface area contributed by atoms with E-state index < -0.39 is 0 Å². The minimum absolute atomic E-state index is 1.14.